The van der Waals surface area contributed by atoms with Crippen LogP contribution >= 0.6 is 0 Å². The molecule has 0 fully saturated rings. The van der Waals surface area contributed by atoms with Crippen LogP contribution < -0.4 is 5.76 Å². The number of aryl methyl sites for hydroxylation is 1. The number of rotatable bonds is 6. The fourth-order valence-corrected chi connectivity index (χ4v) is 4.39. The van der Waals surface area contributed by atoms with Gasteiger partial charge < -0.3 is 18.8 Å². The van der Waals surface area contributed by atoms with Crippen LogP contribution in [-0.4, -0.2) is 43.5 Å². The molecule has 1 radical (unpaired) electrons. The number of nitrogens with zero attached hydrogens (tertiary/aromatic N) is 4. The molecule has 10 nitrogen and oxygen atoms in total. The number of fused-ring (bicyclic) bond motifs is 2. The minimum Gasteiger partial charge on any atom is -0.457 e. The number of hydrogen-bond acceptors (Lipinski definition) is 7. The summed E-state index contributed by atoms with van der Waals surface area (Å²) >= 11 is 0. The molecule has 1 amide bonds. The van der Waals surface area contributed by atoms with Crippen LogP contribution in [0.15, 0.2) is 51.9 Å². The topological polar surface area (TPSA) is 109 Å². The number of ether oxygens (including phenoxy) is 2. The first-order valence-corrected chi connectivity index (χ1v) is 12.2. The zero-order valence-electron chi connectivity index (χ0n) is 22.0. The maximum absolute atomic E-state index is 13.1. The van der Waals surface area contributed by atoms with E-state index in [0.717, 1.165) is 27.9 Å². The smallest absolute Gasteiger partial charge is 0.419 e. The Bertz CT molecular complexity index is 1600. The van der Waals surface area contributed by atoms with Gasteiger partial charge in [-0.1, -0.05) is 6.07 Å². The molecule has 1 aliphatic heterocycles. The number of hydrogen-bond donors (Lipinski definition) is 0. The van der Waals surface area contributed by atoms with Crippen LogP contribution in [0.1, 0.15) is 53.4 Å². The van der Waals surface area contributed by atoms with Crippen molar-refractivity contribution in [2.45, 2.75) is 46.4 Å². The minimum absolute atomic E-state index is 0.259. The predicted molar refractivity (Wildman–Crippen MR) is 139 cm³/mol. The van der Waals surface area contributed by atoms with Gasteiger partial charge in [0.25, 0.3) is 0 Å². The first kappa shape index (κ1) is 25.3. The molecule has 1 aliphatic rings. The molecule has 0 aliphatic carbocycles. The van der Waals surface area contributed by atoms with Gasteiger partial charge in [-0.05, 0) is 63.1 Å². The highest BCUT2D eigenvalue weighted by Crippen LogP contribution is 2.27. The van der Waals surface area contributed by atoms with Crippen molar-refractivity contribution in [1.29, 1.82) is 0 Å². The number of cyclic esters (lactones) is 1. The van der Waals surface area contributed by atoms with Gasteiger partial charge in [0.1, 0.15) is 12.2 Å². The van der Waals surface area contributed by atoms with Gasteiger partial charge in [0.05, 0.1) is 29.5 Å². The highest BCUT2D eigenvalue weighted by atomic mass is 16.6. The second-order valence-corrected chi connectivity index (χ2v) is 10.3. The monoisotopic (exact) mass is 517 g/mol. The van der Waals surface area contributed by atoms with Gasteiger partial charge in [-0.3, -0.25) is 4.57 Å². The van der Waals surface area contributed by atoms with Gasteiger partial charge in [-0.15, -0.1) is 0 Å². The van der Waals surface area contributed by atoms with Crippen molar-refractivity contribution in [2.75, 3.05) is 6.54 Å². The summed E-state index contributed by atoms with van der Waals surface area (Å²) in [5.74, 6) is -0.739. The molecule has 197 valence electrons. The van der Waals surface area contributed by atoms with E-state index in [0.29, 0.717) is 16.7 Å². The zero-order valence-corrected chi connectivity index (χ0v) is 22.0. The van der Waals surface area contributed by atoms with Crippen molar-refractivity contribution in [3.8, 4) is 5.69 Å². The number of benzene rings is 2. The van der Waals surface area contributed by atoms with Crippen LogP contribution in [0.4, 0.5) is 4.79 Å². The average molecular weight is 518 g/mol. The maximum atomic E-state index is 13.1. The van der Waals surface area contributed by atoms with Gasteiger partial charge in [-0.25, -0.2) is 19.1 Å². The summed E-state index contributed by atoms with van der Waals surface area (Å²) in [5.41, 5.74) is 5.39. The first-order valence-electron chi connectivity index (χ1n) is 12.2. The zero-order chi connectivity index (χ0) is 27.2. The van der Waals surface area contributed by atoms with E-state index in [4.69, 9.17) is 13.9 Å². The molecule has 0 saturated carbocycles. The Kier molecular flexibility index (Phi) is 6.34. The summed E-state index contributed by atoms with van der Waals surface area (Å²) < 4.78 is 19.2. The summed E-state index contributed by atoms with van der Waals surface area (Å²) in [5, 5.41) is 4.46. The van der Waals surface area contributed by atoms with Crippen molar-refractivity contribution in [3.05, 3.63) is 87.5 Å². The van der Waals surface area contributed by atoms with E-state index in [1.165, 1.54) is 4.57 Å². The van der Waals surface area contributed by atoms with Crippen LogP contribution in [0, 0.1) is 13.3 Å². The third-order valence-electron chi connectivity index (χ3n) is 6.44. The van der Waals surface area contributed by atoms with Crippen molar-refractivity contribution < 1.29 is 23.5 Å². The molecule has 2 aromatic heterocycles. The minimum atomic E-state index is -0.656. The number of aromatic nitrogens is 3. The molecule has 0 atom stereocenters. The van der Waals surface area contributed by atoms with E-state index in [-0.39, 0.29) is 25.7 Å². The number of carbonyl (C=O) groups excluding carboxylic acids is 2. The van der Waals surface area contributed by atoms with Crippen molar-refractivity contribution in [2.24, 2.45) is 7.05 Å². The van der Waals surface area contributed by atoms with E-state index < -0.39 is 17.5 Å². The normalized spacial score (nSPS) is 13.0. The molecule has 4 aromatic rings. The van der Waals surface area contributed by atoms with Crippen LogP contribution in [0.3, 0.4) is 0 Å². The van der Waals surface area contributed by atoms with E-state index in [1.54, 1.807) is 35.0 Å². The maximum Gasteiger partial charge on any atom is 0.419 e. The van der Waals surface area contributed by atoms with Crippen molar-refractivity contribution in [1.82, 2.24) is 19.2 Å². The highest BCUT2D eigenvalue weighted by molar-refractivity contribution is 5.94. The molecule has 0 bridgehead atoms. The molecule has 0 unspecified atom stereocenters. The second kappa shape index (κ2) is 9.51. The SMILES string of the molecule is Cc1c([CH]CN(Cc2cnn(-c3ccc4oc(=O)n(C)c4c3)c2)C(=O)OC(C)(C)C)ccc2c1COC2=O. The second-order valence-electron chi connectivity index (χ2n) is 10.3. The molecular weight excluding hydrogens is 488 g/mol. The Balaban J connectivity index is 1.36. The van der Waals surface area contributed by atoms with E-state index in [9.17, 15) is 14.4 Å². The summed E-state index contributed by atoms with van der Waals surface area (Å²) in [7, 11) is 1.65. The Morgan fingerprint density at radius 3 is 2.76 bits per heavy atom. The lowest BCUT2D eigenvalue weighted by atomic mass is 9.96. The lowest BCUT2D eigenvalue weighted by Crippen LogP contribution is -2.37. The van der Waals surface area contributed by atoms with Crippen molar-refractivity contribution >= 4 is 23.2 Å². The van der Waals surface area contributed by atoms with Gasteiger partial charge >= 0.3 is 17.8 Å². The highest BCUT2D eigenvalue weighted by Gasteiger charge is 2.26. The third kappa shape index (κ3) is 4.93. The average Bonchev–Trinajstić information content (AvgIpc) is 3.55. The van der Waals surface area contributed by atoms with Crippen LogP contribution in [-0.2, 0) is 29.7 Å². The summed E-state index contributed by atoms with van der Waals surface area (Å²) in [6.07, 6.45) is 5.02. The number of esters is 1. The van der Waals surface area contributed by atoms with E-state index >= 15 is 0 Å². The molecular formula is C28H29N4O6. The van der Waals surface area contributed by atoms with Crippen LogP contribution in [0.5, 0.6) is 0 Å². The van der Waals surface area contributed by atoms with Gasteiger partial charge in [0.2, 0.25) is 0 Å². The molecule has 5 rings (SSSR count). The predicted octanol–water partition coefficient (Wildman–Crippen LogP) is 4.29. The molecule has 2 aromatic carbocycles. The summed E-state index contributed by atoms with van der Waals surface area (Å²) in [6, 6.07) is 8.99. The number of oxazole rings is 1. The van der Waals surface area contributed by atoms with E-state index in [1.807, 2.05) is 58.5 Å². The molecule has 10 heteroatoms. The Morgan fingerprint density at radius 1 is 1.21 bits per heavy atom. The summed E-state index contributed by atoms with van der Waals surface area (Å²) in [4.78, 5) is 38.4. The van der Waals surface area contributed by atoms with Crippen LogP contribution in [0.2, 0.25) is 0 Å². The van der Waals surface area contributed by atoms with E-state index in [2.05, 4.69) is 5.10 Å². The fourth-order valence-electron chi connectivity index (χ4n) is 4.39. The Morgan fingerprint density at radius 2 is 2.00 bits per heavy atom. The molecule has 0 N–H and O–H groups in total. The molecule has 0 spiro atoms. The van der Waals surface area contributed by atoms with Gasteiger partial charge in [-0.2, -0.15) is 5.10 Å². The quantitative estimate of drug-likeness (QED) is 0.351. The third-order valence-corrected chi connectivity index (χ3v) is 6.44. The lowest BCUT2D eigenvalue weighted by Gasteiger charge is -2.27. The Labute approximate surface area is 219 Å². The van der Waals surface area contributed by atoms with Crippen LogP contribution in [0.25, 0.3) is 16.8 Å². The van der Waals surface area contributed by atoms with Crippen molar-refractivity contribution in [3.63, 3.8) is 0 Å². The standard InChI is InChI=1S/C28H29N4O6/c1-17-19(6-8-21-22(17)16-36-25(21)33)10-11-31(27(35)38-28(2,3)4)14-18-13-29-32(15-18)20-7-9-24-23(12-20)30(5)26(34)37-24/h6-10,12-13,15H,11,14,16H2,1-5H3. The molecule has 3 heterocycles. The van der Waals surface area contributed by atoms with Gasteiger partial charge in [0, 0.05) is 37.3 Å². The summed E-state index contributed by atoms with van der Waals surface area (Å²) in [6.45, 7) is 8.24. The molecule has 38 heavy (non-hydrogen) atoms. The fraction of sp³-hybridized carbons (Fsp3) is 0.321. The van der Waals surface area contributed by atoms with Gasteiger partial charge in [0.15, 0.2) is 5.58 Å². The first-order chi connectivity index (χ1) is 18.0. The number of amides is 1. The lowest BCUT2D eigenvalue weighted by molar-refractivity contribution is 0.0251. The largest absolute Gasteiger partial charge is 0.457 e. The molecule has 0 saturated heterocycles. The number of carbonyl (C=O) groups is 2. The Hall–Kier alpha value is -4.34.